The molecule has 110 valence electrons. The molecule has 1 aliphatic heterocycles. The number of nitrogen functional groups attached to an aromatic ring is 1. The average molecular weight is 298 g/mol. The lowest BCUT2D eigenvalue weighted by molar-refractivity contribution is 0.0934. The number of aryl methyl sites for hydroxylation is 1. The number of hydrogen-bond acceptors (Lipinski definition) is 6. The zero-order valence-corrected chi connectivity index (χ0v) is 12.0. The summed E-state index contributed by atoms with van der Waals surface area (Å²) in [7, 11) is -2.92. The van der Waals surface area contributed by atoms with Crippen LogP contribution >= 0.6 is 0 Å². The van der Waals surface area contributed by atoms with Crippen LogP contribution in [-0.2, 0) is 9.84 Å². The van der Waals surface area contributed by atoms with E-state index >= 15 is 0 Å². The fourth-order valence-electron chi connectivity index (χ4n) is 2.18. The number of carbonyl (C=O) groups is 1. The molecule has 0 aromatic carbocycles. The van der Waals surface area contributed by atoms with Crippen LogP contribution in [-0.4, -0.2) is 36.9 Å². The highest BCUT2D eigenvalue weighted by molar-refractivity contribution is 7.91. The zero-order valence-electron chi connectivity index (χ0n) is 11.2. The van der Waals surface area contributed by atoms with Gasteiger partial charge in [-0.2, -0.15) is 0 Å². The first-order valence-corrected chi connectivity index (χ1v) is 8.18. The second kappa shape index (κ2) is 5.76. The van der Waals surface area contributed by atoms with Crippen LogP contribution in [0.25, 0.3) is 0 Å². The highest BCUT2D eigenvalue weighted by Gasteiger charge is 2.25. The number of rotatable bonds is 3. The van der Waals surface area contributed by atoms with Gasteiger partial charge in [0.25, 0.3) is 5.91 Å². The first kappa shape index (κ1) is 14.7. The van der Waals surface area contributed by atoms with E-state index in [1.54, 1.807) is 19.1 Å². The summed E-state index contributed by atoms with van der Waals surface area (Å²) in [6.07, 6.45) is 0.917. The summed E-state index contributed by atoms with van der Waals surface area (Å²) in [5, 5.41) is 2.85. The number of nitrogens with one attached hydrogen (secondary N) is 2. The van der Waals surface area contributed by atoms with Crippen LogP contribution in [0.15, 0.2) is 12.1 Å². The van der Waals surface area contributed by atoms with E-state index in [4.69, 9.17) is 5.84 Å². The maximum atomic E-state index is 12.1. The van der Waals surface area contributed by atoms with Crippen molar-refractivity contribution in [2.75, 3.05) is 16.9 Å². The van der Waals surface area contributed by atoms with Gasteiger partial charge in [-0.25, -0.2) is 19.2 Å². The Hall–Kier alpha value is -1.67. The molecule has 1 aromatic rings. The van der Waals surface area contributed by atoms with Crippen molar-refractivity contribution < 1.29 is 13.2 Å². The van der Waals surface area contributed by atoms with E-state index in [2.05, 4.69) is 15.7 Å². The summed E-state index contributed by atoms with van der Waals surface area (Å²) in [6.45, 7) is 1.77. The Labute approximate surface area is 117 Å². The summed E-state index contributed by atoms with van der Waals surface area (Å²) in [5.74, 6) is 5.73. The van der Waals surface area contributed by atoms with Gasteiger partial charge in [0.1, 0.15) is 15.7 Å². The lowest BCUT2D eigenvalue weighted by Gasteiger charge is -2.23. The quantitative estimate of drug-likeness (QED) is 0.534. The normalized spacial score (nSPS) is 18.5. The molecule has 0 radical (unpaired) electrons. The predicted molar refractivity (Wildman–Crippen MR) is 75.9 cm³/mol. The van der Waals surface area contributed by atoms with Crippen molar-refractivity contribution in [1.29, 1.82) is 0 Å². The van der Waals surface area contributed by atoms with Crippen molar-refractivity contribution in [1.82, 2.24) is 10.3 Å². The fraction of sp³-hybridized carbons (Fsp3) is 0.500. The van der Waals surface area contributed by atoms with Gasteiger partial charge in [-0.3, -0.25) is 4.79 Å². The predicted octanol–water partition coefficient (Wildman–Crippen LogP) is -0.0174. The highest BCUT2D eigenvalue weighted by Crippen LogP contribution is 2.14. The van der Waals surface area contributed by atoms with Crippen molar-refractivity contribution in [3.63, 3.8) is 0 Å². The van der Waals surface area contributed by atoms with Crippen molar-refractivity contribution in [2.24, 2.45) is 5.84 Å². The SMILES string of the molecule is Cc1cc(C(=O)NC2CCS(=O)(=O)CC2)cc(NN)n1. The number of sulfone groups is 1. The second-order valence-electron chi connectivity index (χ2n) is 4.93. The van der Waals surface area contributed by atoms with Crippen LogP contribution in [0.5, 0.6) is 0 Å². The van der Waals surface area contributed by atoms with Gasteiger partial charge in [0, 0.05) is 17.3 Å². The Kier molecular flexibility index (Phi) is 4.24. The third kappa shape index (κ3) is 3.67. The lowest BCUT2D eigenvalue weighted by Crippen LogP contribution is -2.40. The lowest BCUT2D eigenvalue weighted by atomic mass is 10.1. The second-order valence-corrected chi connectivity index (χ2v) is 7.23. The van der Waals surface area contributed by atoms with Crippen molar-refractivity contribution in [3.8, 4) is 0 Å². The summed E-state index contributed by atoms with van der Waals surface area (Å²) >= 11 is 0. The molecule has 2 heterocycles. The summed E-state index contributed by atoms with van der Waals surface area (Å²) < 4.78 is 22.7. The topological polar surface area (TPSA) is 114 Å². The van der Waals surface area contributed by atoms with E-state index in [0.29, 0.717) is 29.9 Å². The van der Waals surface area contributed by atoms with Gasteiger partial charge in [-0.1, -0.05) is 0 Å². The van der Waals surface area contributed by atoms with E-state index in [9.17, 15) is 13.2 Å². The summed E-state index contributed by atoms with van der Waals surface area (Å²) in [6, 6.07) is 3.12. The number of aromatic nitrogens is 1. The van der Waals surface area contributed by atoms with Crippen LogP contribution in [0, 0.1) is 6.92 Å². The first-order valence-electron chi connectivity index (χ1n) is 6.36. The molecule has 7 nitrogen and oxygen atoms in total. The minimum atomic E-state index is -2.92. The average Bonchev–Trinajstić information content (AvgIpc) is 2.40. The number of carbonyl (C=O) groups excluding carboxylic acids is 1. The minimum absolute atomic E-state index is 0.103. The van der Waals surface area contributed by atoms with E-state index in [0.717, 1.165) is 0 Å². The van der Waals surface area contributed by atoms with Gasteiger partial charge in [0.15, 0.2) is 0 Å². The Morgan fingerprint density at radius 1 is 1.35 bits per heavy atom. The monoisotopic (exact) mass is 298 g/mol. The molecular weight excluding hydrogens is 280 g/mol. The number of pyridine rings is 1. The molecule has 1 amide bonds. The molecule has 1 aliphatic rings. The largest absolute Gasteiger partial charge is 0.349 e. The third-order valence-corrected chi connectivity index (χ3v) is 4.97. The van der Waals surface area contributed by atoms with E-state index < -0.39 is 9.84 Å². The number of nitrogens with zero attached hydrogens (tertiary/aromatic N) is 1. The van der Waals surface area contributed by atoms with Crippen LogP contribution < -0.4 is 16.6 Å². The molecule has 0 unspecified atom stereocenters. The molecule has 4 N–H and O–H groups in total. The smallest absolute Gasteiger partial charge is 0.251 e. The number of nitrogens with two attached hydrogens (primary N) is 1. The number of hydrazine groups is 1. The summed E-state index contributed by atoms with van der Waals surface area (Å²) in [5.41, 5.74) is 3.54. The number of anilines is 1. The number of hydrogen-bond donors (Lipinski definition) is 3. The van der Waals surface area contributed by atoms with Crippen molar-refractivity contribution >= 4 is 21.6 Å². The molecular formula is C12H18N4O3S. The Bertz CT molecular complexity index is 601. The van der Waals surface area contributed by atoms with Crippen LogP contribution in [0.3, 0.4) is 0 Å². The van der Waals surface area contributed by atoms with Gasteiger partial charge in [0.2, 0.25) is 0 Å². The minimum Gasteiger partial charge on any atom is -0.349 e. The molecule has 20 heavy (non-hydrogen) atoms. The fourth-order valence-corrected chi connectivity index (χ4v) is 3.67. The van der Waals surface area contributed by atoms with E-state index in [-0.39, 0.29) is 23.5 Å². The Morgan fingerprint density at radius 2 is 2.00 bits per heavy atom. The molecule has 0 spiro atoms. The Balaban J connectivity index is 2.04. The van der Waals surface area contributed by atoms with Crippen LogP contribution in [0.4, 0.5) is 5.82 Å². The Morgan fingerprint density at radius 3 is 2.60 bits per heavy atom. The zero-order chi connectivity index (χ0) is 14.8. The maximum Gasteiger partial charge on any atom is 0.251 e. The van der Waals surface area contributed by atoms with Crippen molar-refractivity contribution in [2.45, 2.75) is 25.8 Å². The standard InChI is InChI=1S/C12H18N4O3S/c1-8-6-9(7-11(14-8)16-13)12(17)15-10-2-4-20(18,19)5-3-10/h6-7,10H,2-5,13H2,1H3,(H,14,16)(H,15,17). The van der Waals surface area contributed by atoms with E-state index in [1.807, 2.05) is 0 Å². The molecule has 1 aromatic heterocycles. The number of amides is 1. The van der Waals surface area contributed by atoms with Gasteiger partial charge in [-0.15, -0.1) is 0 Å². The molecule has 8 heteroatoms. The van der Waals surface area contributed by atoms with Crippen LogP contribution in [0.2, 0.25) is 0 Å². The molecule has 0 bridgehead atoms. The van der Waals surface area contributed by atoms with Gasteiger partial charge < -0.3 is 10.7 Å². The third-order valence-electron chi connectivity index (χ3n) is 3.25. The van der Waals surface area contributed by atoms with Crippen molar-refractivity contribution in [3.05, 3.63) is 23.4 Å². The molecule has 1 fully saturated rings. The maximum absolute atomic E-state index is 12.1. The van der Waals surface area contributed by atoms with Gasteiger partial charge in [-0.05, 0) is 31.9 Å². The molecule has 0 saturated carbocycles. The summed E-state index contributed by atoms with van der Waals surface area (Å²) in [4.78, 5) is 16.2. The van der Waals surface area contributed by atoms with Gasteiger partial charge >= 0.3 is 0 Å². The molecule has 2 rings (SSSR count). The highest BCUT2D eigenvalue weighted by atomic mass is 32.2. The van der Waals surface area contributed by atoms with Gasteiger partial charge in [0.05, 0.1) is 11.5 Å². The molecule has 1 saturated heterocycles. The first-order chi connectivity index (χ1) is 9.39. The van der Waals surface area contributed by atoms with Crippen LogP contribution in [0.1, 0.15) is 28.9 Å². The van der Waals surface area contributed by atoms with E-state index in [1.165, 1.54) is 0 Å². The molecule has 0 aliphatic carbocycles. The molecule has 0 atom stereocenters.